The molecule has 0 amide bonds. The van der Waals surface area contributed by atoms with Crippen LogP contribution in [0.4, 0.5) is 0 Å². The molecule has 284 valence electrons. The molecule has 0 aromatic rings. The van der Waals surface area contributed by atoms with Crippen LogP contribution in [0.5, 0.6) is 0 Å². The third kappa shape index (κ3) is 34.6. The van der Waals surface area contributed by atoms with Crippen LogP contribution in [0.2, 0.25) is 0 Å². The normalized spacial score (nSPS) is 16.3. The average Bonchev–Trinajstić information content (AvgIpc) is 3.07. The lowest BCUT2D eigenvalue weighted by molar-refractivity contribution is -0.161. The lowest BCUT2D eigenvalue weighted by Gasteiger charge is -2.19. The van der Waals surface area contributed by atoms with E-state index < -0.39 is 39.0 Å². The molecule has 0 bridgehead atoms. The summed E-state index contributed by atoms with van der Waals surface area (Å²) >= 11 is 0. The number of carbonyl (C=O) groups is 2. The zero-order chi connectivity index (χ0) is 39.9. The quantitative estimate of drug-likeness (QED) is 0.0294. The monoisotopic (exact) mass is 708 g/mol. The van der Waals surface area contributed by atoms with E-state index in [-0.39, 0.29) is 19.4 Å². The lowest BCUT2D eigenvalue weighted by atomic mass is 10.0. The Morgan fingerprint density at radius 1 is 0.604 bits per heavy atom. The summed E-state index contributed by atoms with van der Waals surface area (Å²) in [7, 11) is -5.15. The molecule has 0 aromatic heterocycles. The maximum atomic E-state index is 12.8. The van der Waals surface area contributed by atoms with Crippen LogP contribution in [0.3, 0.4) is 0 Å². The van der Waals surface area contributed by atoms with Gasteiger partial charge in [-0.15, -0.1) is 0 Å². The Morgan fingerprint density at radius 2 is 1.00 bits per heavy atom. The summed E-state index contributed by atoms with van der Waals surface area (Å²) in [6.07, 6.45) is 28.1. The van der Waals surface area contributed by atoms with Crippen LogP contribution in [0.15, 0.2) is 12.2 Å². The minimum Gasteiger partial charge on any atom is -0.462 e. The van der Waals surface area contributed by atoms with Crippen LogP contribution < -0.4 is 0 Å². The summed E-state index contributed by atoms with van der Waals surface area (Å²) < 4.78 is 73.1. The highest BCUT2D eigenvalue weighted by Gasteiger charge is 2.25. The van der Waals surface area contributed by atoms with Gasteiger partial charge in [0.05, 0.1) is 20.0 Å². The second-order valence-electron chi connectivity index (χ2n) is 12.8. The first-order chi connectivity index (χ1) is 25.2. The van der Waals surface area contributed by atoms with Gasteiger partial charge >= 0.3 is 19.8 Å². The molecule has 2 unspecified atom stereocenters. The Balaban J connectivity index is 4.86. The van der Waals surface area contributed by atoms with Gasteiger partial charge in [-0.3, -0.25) is 18.6 Å². The summed E-state index contributed by atoms with van der Waals surface area (Å²) in [5.41, 5.74) is 0. The lowest BCUT2D eigenvalue weighted by Crippen LogP contribution is -2.29. The first kappa shape index (κ1) is 38.0. The van der Waals surface area contributed by atoms with Crippen LogP contribution in [-0.2, 0) is 32.7 Å². The zero-order valence-electron chi connectivity index (χ0n) is 35.9. The molecule has 0 fully saturated rings. The Hall–Kier alpha value is -1.21. The highest BCUT2D eigenvalue weighted by Crippen LogP contribution is 2.43. The van der Waals surface area contributed by atoms with E-state index in [1.54, 1.807) is 0 Å². The van der Waals surface area contributed by atoms with Gasteiger partial charge in [0.2, 0.25) is 0 Å². The van der Waals surface area contributed by atoms with E-state index in [9.17, 15) is 19.0 Å². The topological polar surface area (TPSA) is 108 Å². The van der Waals surface area contributed by atoms with Gasteiger partial charge in [-0.2, -0.15) is 0 Å². The van der Waals surface area contributed by atoms with Crippen molar-refractivity contribution in [1.29, 1.82) is 0 Å². The number of carbonyl (C=O) groups excluding carboxylic acids is 2. The third-order valence-corrected chi connectivity index (χ3v) is 9.05. The van der Waals surface area contributed by atoms with Gasteiger partial charge in [0, 0.05) is 12.8 Å². The van der Waals surface area contributed by atoms with Crippen LogP contribution in [-0.4, -0.2) is 42.6 Å². The molecule has 0 aromatic carbocycles. The van der Waals surface area contributed by atoms with E-state index in [4.69, 9.17) is 16.3 Å². The minimum absolute atomic E-state index is 0.197. The Kier molecular flexibility index (Phi) is 28.2. The van der Waals surface area contributed by atoms with Crippen molar-refractivity contribution >= 4 is 19.8 Å². The van der Waals surface area contributed by atoms with Gasteiger partial charge in [-0.05, 0) is 45.4 Å². The van der Waals surface area contributed by atoms with Crippen molar-refractivity contribution in [2.75, 3.05) is 19.7 Å². The SMILES string of the molecule is [2H]C([2H])(OC(=O)CCCCCCCCCCCCCCC)C([2H])(OC(=O)CCCCCCC/C=C/CCCCCCCC)C([2H])([2H])OP(=O)(O)OCC. The van der Waals surface area contributed by atoms with E-state index in [1.165, 1.54) is 96.8 Å². The molecule has 0 radical (unpaired) electrons. The number of phosphoric ester groups is 1. The Morgan fingerprint density at radius 3 is 1.44 bits per heavy atom. The first-order valence-corrected chi connectivity index (χ1v) is 20.9. The number of allylic oxidation sites excluding steroid dienone is 2. The summed E-state index contributed by atoms with van der Waals surface area (Å²) in [4.78, 5) is 35.4. The summed E-state index contributed by atoms with van der Waals surface area (Å²) in [6, 6.07) is 0. The van der Waals surface area contributed by atoms with E-state index in [0.717, 1.165) is 51.4 Å². The van der Waals surface area contributed by atoms with Gasteiger partial charge in [-0.1, -0.05) is 154 Å². The zero-order valence-corrected chi connectivity index (χ0v) is 31.8. The van der Waals surface area contributed by atoms with Crippen molar-refractivity contribution in [3.63, 3.8) is 0 Å². The number of ether oxygens (including phenoxy) is 2. The van der Waals surface area contributed by atoms with Gasteiger partial charge in [0.1, 0.15) is 6.56 Å². The largest absolute Gasteiger partial charge is 0.472 e. The third-order valence-electron chi connectivity index (χ3n) is 8.15. The van der Waals surface area contributed by atoms with Crippen molar-refractivity contribution in [2.45, 2.75) is 207 Å². The second-order valence-corrected chi connectivity index (χ2v) is 14.2. The summed E-state index contributed by atoms with van der Waals surface area (Å²) in [6.45, 7) is -1.93. The van der Waals surface area contributed by atoms with E-state index >= 15 is 0 Å². The van der Waals surface area contributed by atoms with Crippen molar-refractivity contribution in [1.82, 2.24) is 0 Å². The van der Waals surface area contributed by atoms with E-state index in [1.807, 2.05) is 0 Å². The summed E-state index contributed by atoms with van der Waals surface area (Å²) in [5.74, 6) is -2.19. The molecule has 8 nitrogen and oxygen atoms in total. The van der Waals surface area contributed by atoms with Crippen molar-refractivity contribution in [3.8, 4) is 0 Å². The fourth-order valence-corrected chi connectivity index (χ4v) is 5.87. The fraction of sp³-hybridized carbons (Fsp3) is 0.897. The molecular weight excluding hydrogens is 627 g/mol. The minimum atomic E-state index is -5.15. The van der Waals surface area contributed by atoms with Crippen molar-refractivity contribution in [2.24, 2.45) is 0 Å². The number of phosphoric acid groups is 1. The van der Waals surface area contributed by atoms with Crippen molar-refractivity contribution < 1.29 is 44.4 Å². The van der Waals surface area contributed by atoms with Gasteiger partial charge in [0.25, 0.3) is 0 Å². The van der Waals surface area contributed by atoms with E-state index in [0.29, 0.717) is 25.7 Å². The molecule has 2 atom stereocenters. The van der Waals surface area contributed by atoms with Gasteiger partial charge < -0.3 is 14.4 Å². The number of hydrogen-bond acceptors (Lipinski definition) is 7. The molecule has 0 aliphatic carbocycles. The number of unbranched alkanes of at least 4 members (excludes halogenated alkanes) is 23. The van der Waals surface area contributed by atoms with Crippen LogP contribution in [0.25, 0.3) is 0 Å². The maximum absolute atomic E-state index is 12.8. The predicted molar refractivity (Wildman–Crippen MR) is 198 cm³/mol. The highest BCUT2D eigenvalue weighted by atomic mass is 31.2. The molecule has 0 heterocycles. The van der Waals surface area contributed by atoms with Gasteiger partial charge in [-0.25, -0.2) is 4.57 Å². The standard InChI is InChI=1S/C39H75O8P/c1-4-7-9-11-13-15-17-19-20-22-24-26-28-30-32-34-39(41)47-37(36-46-48(42,43)45-6-3)35-44-38(40)33-31-29-27-25-23-21-18-16-14-12-10-8-5-2/h19-20,37H,4-18,21-36H2,1-3H3,(H,42,43)/b20-19+/i35D2,36D2,37D. The Labute approximate surface area is 302 Å². The van der Waals surface area contributed by atoms with Gasteiger partial charge in [0.15, 0.2) is 6.08 Å². The van der Waals surface area contributed by atoms with Crippen LogP contribution in [0, 0.1) is 0 Å². The molecule has 48 heavy (non-hydrogen) atoms. The highest BCUT2D eigenvalue weighted by molar-refractivity contribution is 7.47. The second kappa shape index (κ2) is 35.6. The fourth-order valence-electron chi connectivity index (χ4n) is 5.30. The first-order valence-electron chi connectivity index (χ1n) is 21.9. The molecule has 0 rings (SSSR count). The predicted octanol–water partition coefficient (Wildman–Crippen LogP) is 12.1. The number of hydrogen-bond donors (Lipinski definition) is 1. The molecule has 0 saturated heterocycles. The van der Waals surface area contributed by atoms with Crippen LogP contribution >= 0.6 is 7.82 Å². The molecule has 0 aliphatic rings. The van der Waals surface area contributed by atoms with Crippen molar-refractivity contribution in [3.05, 3.63) is 12.2 Å². The summed E-state index contributed by atoms with van der Waals surface area (Å²) in [5, 5.41) is 0. The molecule has 0 spiro atoms. The molecular formula is C39H75O8P. The average molecular weight is 708 g/mol. The van der Waals surface area contributed by atoms with E-state index in [2.05, 4.69) is 35.0 Å². The molecule has 9 heteroatoms. The smallest absolute Gasteiger partial charge is 0.462 e. The maximum Gasteiger partial charge on any atom is 0.472 e. The molecule has 0 saturated carbocycles. The molecule has 0 aliphatic heterocycles. The van der Waals surface area contributed by atoms with Crippen LogP contribution in [0.1, 0.15) is 207 Å². The Bertz CT molecular complexity index is 1020. The number of rotatable bonds is 37. The molecule has 1 N–H and O–H groups in total. The number of esters is 2.